The van der Waals surface area contributed by atoms with Crippen molar-refractivity contribution in [2.45, 2.75) is 25.8 Å². The Kier molecular flexibility index (Phi) is 4.31. The Hall–Kier alpha value is -1.99. The standard InChI is InChI=1S/C13H17N3O4/c1-8-5-9(2)13(19)16(7-20-14-6-8)10-3-4-11(17)15-12(10)18/h5,10,14H,1,3-4,6-7H2,2H3,(H,15,17,18)/b9-5+. The molecule has 1 atom stereocenters. The zero-order chi connectivity index (χ0) is 14.7. The maximum absolute atomic E-state index is 12.4. The molecule has 2 aliphatic heterocycles. The first-order valence-corrected chi connectivity index (χ1v) is 6.34. The van der Waals surface area contributed by atoms with Crippen molar-refractivity contribution in [2.75, 3.05) is 13.3 Å². The molecular weight excluding hydrogens is 262 g/mol. The molecular formula is C13H17N3O4. The molecule has 2 aliphatic rings. The summed E-state index contributed by atoms with van der Waals surface area (Å²) in [6.07, 6.45) is 2.17. The number of nitrogens with zero attached hydrogens (tertiary/aromatic N) is 1. The largest absolute Gasteiger partial charge is 0.302 e. The van der Waals surface area contributed by atoms with Crippen LogP contribution in [0, 0.1) is 0 Å². The van der Waals surface area contributed by atoms with E-state index in [-0.39, 0.29) is 25.0 Å². The lowest BCUT2D eigenvalue weighted by molar-refractivity contribution is -0.151. The van der Waals surface area contributed by atoms with Crippen molar-refractivity contribution in [3.63, 3.8) is 0 Å². The maximum Gasteiger partial charge on any atom is 0.252 e. The smallest absolute Gasteiger partial charge is 0.252 e. The first-order chi connectivity index (χ1) is 9.49. The van der Waals surface area contributed by atoms with Crippen molar-refractivity contribution in [3.8, 4) is 0 Å². The Morgan fingerprint density at radius 3 is 2.85 bits per heavy atom. The van der Waals surface area contributed by atoms with E-state index >= 15 is 0 Å². The summed E-state index contributed by atoms with van der Waals surface area (Å²) in [5.41, 5.74) is 3.86. The number of carbonyl (C=O) groups is 3. The first kappa shape index (κ1) is 14.4. The van der Waals surface area contributed by atoms with Crippen LogP contribution >= 0.6 is 0 Å². The summed E-state index contributed by atoms with van der Waals surface area (Å²) in [5.74, 6) is -1.09. The van der Waals surface area contributed by atoms with Gasteiger partial charge in [0.25, 0.3) is 5.91 Å². The molecule has 1 fully saturated rings. The number of amides is 3. The predicted octanol–water partition coefficient (Wildman–Crippen LogP) is -0.385. The molecule has 0 aliphatic carbocycles. The zero-order valence-electron chi connectivity index (χ0n) is 11.3. The molecule has 0 radical (unpaired) electrons. The lowest BCUT2D eigenvalue weighted by Crippen LogP contribution is -2.55. The Bertz CT molecular complexity index is 498. The lowest BCUT2D eigenvalue weighted by atomic mass is 10.0. The van der Waals surface area contributed by atoms with Gasteiger partial charge in [0.05, 0.1) is 0 Å². The van der Waals surface area contributed by atoms with Gasteiger partial charge in [-0.2, -0.15) is 5.48 Å². The van der Waals surface area contributed by atoms with Gasteiger partial charge in [-0.1, -0.05) is 6.58 Å². The van der Waals surface area contributed by atoms with E-state index in [4.69, 9.17) is 4.84 Å². The molecule has 2 rings (SSSR count). The van der Waals surface area contributed by atoms with Crippen molar-refractivity contribution in [1.82, 2.24) is 15.7 Å². The quantitative estimate of drug-likeness (QED) is 0.639. The molecule has 1 saturated heterocycles. The molecule has 0 bridgehead atoms. The molecule has 2 N–H and O–H groups in total. The Labute approximate surface area is 116 Å². The van der Waals surface area contributed by atoms with Crippen LogP contribution in [0.2, 0.25) is 0 Å². The summed E-state index contributed by atoms with van der Waals surface area (Å²) in [5, 5.41) is 2.24. The fourth-order valence-corrected chi connectivity index (χ4v) is 2.17. The van der Waals surface area contributed by atoms with Crippen LogP contribution in [-0.2, 0) is 19.2 Å². The van der Waals surface area contributed by atoms with E-state index in [1.165, 1.54) is 4.90 Å². The predicted molar refractivity (Wildman–Crippen MR) is 69.9 cm³/mol. The minimum atomic E-state index is -0.697. The molecule has 0 aromatic heterocycles. The number of rotatable bonds is 1. The van der Waals surface area contributed by atoms with Crippen LogP contribution in [0.3, 0.4) is 0 Å². The maximum atomic E-state index is 12.4. The normalized spacial score (nSPS) is 28.1. The molecule has 1 unspecified atom stereocenters. The van der Waals surface area contributed by atoms with Crippen LogP contribution < -0.4 is 10.8 Å². The summed E-state index contributed by atoms with van der Waals surface area (Å²) >= 11 is 0. The topological polar surface area (TPSA) is 87.7 Å². The van der Waals surface area contributed by atoms with E-state index in [0.717, 1.165) is 0 Å². The minimum Gasteiger partial charge on any atom is -0.302 e. The zero-order valence-corrected chi connectivity index (χ0v) is 11.3. The first-order valence-electron chi connectivity index (χ1n) is 6.34. The number of hydroxylamine groups is 1. The van der Waals surface area contributed by atoms with Crippen LogP contribution in [0.1, 0.15) is 19.8 Å². The Balaban J connectivity index is 2.21. The summed E-state index contributed by atoms with van der Waals surface area (Å²) in [6, 6.07) is -0.697. The van der Waals surface area contributed by atoms with Gasteiger partial charge >= 0.3 is 0 Å². The number of hydrogen-bond donors (Lipinski definition) is 2. The minimum absolute atomic E-state index is 0.0659. The number of piperidine rings is 1. The molecule has 3 amide bonds. The molecule has 0 spiro atoms. The van der Waals surface area contributed by atoms with E-state index in [1.807, 2.05) is 0 Å². The highest BCUT2D eigenvalue weighted by molar-refractivity contribution is 6.03. The Morgan fingerprint density at radius 1 is 1.40 bits per heavy atom. The molecule has 2 heterocycles. The van der Waals surface area contributed by atoms with Crippen molar-refractivity contribution in [1.29, 1.82) is 0 Å². The average molecular weight is 279 g/mol. The third-order valence-electron chi connectivity index (χ3n) is 3.21. The molecule has 0 aromatic rings. The van der Waals surface area contributed by atoms with Gasteiger partial charge < -0.3 is 4.90 Å². The molecule has 7 nitrogen and oxygen atoms in total. The van der Waals surface area contributed by atoms with Gasteiger partial charge in [0, 0.05) is 18.5 Å². The van der Waals surface area contributed by atoms with Gasteiger partial charge in [-0.15, -0.1) is 0 Å². The van der Waals surface area contributed by atoms with Crippen molar-refractivity contribution in [3.05, 3.63) is 23.8 Å². The van der Waals surface area contributed by atoms with E-state index < -0.39 is 11.9 Å². The third-order valence-corrected chi connectivity index (χ3v) is 3.21. The van der Waals surface area contributed by atoms with E-state index in [9.17, 15) is 14.4 Å². The van der Waals surface area contributed by atoms with Crippen molar-refractivity contribution >= 4 is 17.7 Å². The fraction of sp³-hybridized carbons (Fsp3) is 0.462. The van der Waals surface area contributed by atoms with Crippen LogP contribution in [0.5, 0.6) is 0 Å². The highest BCUT2D eigenvalue weighted by Crippen LogP contribution is 2.16. The van der Waals surface area contributed by atoms with Gasteiger partial charge in [-0.3, -0.25) is 24.5 Å². The van der Waals surface area contributed by atoms with Gasteiger partial charge in [0.15, 0.2) is 0 Å². The van der Waals surface area contributed by atoms with E-state index in [1.54, 1.807) is 13.0 Å². The molecule has 0 saturated carbocycles. The van der Waals surface area contributed by atoms with E-state index in [0.29, 0.717) is 24.1 Å². The fourth-order valence-electron chi connectivity index (χ4n) is 2.17. The SMILES string of the molecule is C=C1/C=C(\C)C(=O)N(C2CCC(=O)NC2=O)CONC1. The lowest BCUT2D eigenvalue weighted by Gasteiger charge is -2.32. The van der Waals surface area contributed by atoms with Gasteiger partial charge in [-0.25, -0.2) is 0 Å². The van der Waals surface area contributed by atoms with Crippen LogP contribution in [0.4, 0.5) is 0 Å². The summed E-state index contributed by atoms with van der Waals surface area (Å²) in [4.78, 5) is 41.9. The number of imide groups is 1. The summed E-state index contributed by atoms with van der Waals surface area (Å²) in [7, 11) is 0. The van der Waals surface area contributed by atoms with Gasteiger partial charge in [0.2, 0.25) is 11.8 Å². The second-order valence-corrected chi connectivity index (χ2v) is 4.82. The van der Waals surface area contributed by atoms with Crippen molar-refractivity contribution in [2.24, 2.45) is 0 Å². The molecule has 7 heteroatoms. The second-order valence-electron chi connectivity index (χ2n) is 4.82. The number of hydrogen-bond acceptors (Lipinski definition) is 5. The molecule has 20 heavy (non-hydrogen) atoms. The number of carbonyl (C=O) groups excluding carboxylic acids is 3. The number of nitrogens with one attached hydrogen (secondary N) is 2. The molecule has 108 valence electrons. The van der Waals surface area contributed by atoms with Crippen LogP contribution in [-0.4, -0.2) is 41.9 Å². The highest BCUT2D eigenvalue weighted by atomic mass is 16.7. The highest BCUT2D eigenvalue weighted by Gasteiger charge is 2.35. The van der Waals surface area contributed by atoms with Gasteiger partial charge in [-0.05, 0) is 25.0 Å². The van der Waals surface area contributed by atoms with Gasteiger partial charge in [0.1, 0.15) is 12.8 Å². The van der Waals surface area contributed by atoms with Crippen molar-refractivity contribution < 1.29 is 19.2 Å². The summed E-state index contributed by atoms with van der Waals surface area (Å²) < 4.78 is 0. The average Bonchev–Trinajstić information content (AvgIpc) is 2.43. The van der Waals surface area contributed by atoms with Crippen LogP contribution in [0.25, 0.3) is 0 Å². The summed E-state index contributed by atoms with van der Waals surface area (Å²) in [6.45, 7) is 5.79. The second kappa shape index (κ2) is 5.98. The van der Waals surface area contributed by atoms with Crippen LogP contribution in [0.15, 0.2) is 23.8 Å². The van der Waals surface area contributed by atoms with E-state index in [2.05, 4.69) is 17.4 Å². The molecule has 0 aromatic carbocycles. The Morgan fingerprint density at radius 2 is 2.15 bits per heavy atom. The monoisotopic (exact) mass is 279 g/mol. The third kappa shape index (κ3) is 3.12.